The van der Waals surface area contributed by atoms with Gasteiger partial charge in [-0.1, -0.05) is 128 Å². The van der Waals surface area contributed by atoms with Gasteiger partial charge in [0.05, 0.1) is 11.4 Å². The third kappa shape index (κ3) is 4.11. The summed E-state index contributed by atoms with van der Waals surface area (Å²) in [5.74, 6) is 0.579. The van der Waals surface area contributed by atoms with Crippen LogP contribution in [-0.4, -0.2) is 0 Å². The summed E-state index contributed by atoms with van der Waals surface area (Å²) in [6.45, 7) is 0. The Hall–Kier alpha value is -5.60. The van der Waals surface area contributed by atoms with Gasteiger partial charge in [-0.05, 0) is 81.6 Å². The summed E-state index contributed by atoms with van der Waals surface area (Å²) in [4.78, 5) is 2.50. The molecule has 8 aromatic carbocycles. The minimum atomic E-state index is 0.579. The summed E-state index contributed by atoms with van der Waals surface area (Å²) in [6.07, 6.45) is 5.10. The van der Waals surface area contributed by atoms with Crippen molar-refractivity contribution in [3.63, 3.8) is 0 Å². The zero-order valence-electron chi connectivity index (χ0n) is 26.1. The molecule has 2 heteroatoms. The highest BCUT2D eigenvalue weighted by Gasteiger charge is 2.26. The van der Waals surface area contributed by atoms with Crippen molar-refractivity contribution in [3.8, 4) is 0 Å². The first-order valence-corrected chi connectivity index (χ1v) is 16.9. The Bertz CT molecular complexity index is 2660. The Morgan fingerprint density at radius 3 is 1.91 bits per heavy atom. The molecule has 1 aromatic heterocycles. The molecule has 0 N–H and O–H groups in total. The lowest BCUT2D eigenvalue weighted by molar-refractivity contribution is 0.670. The van der Waals surface area contributed by atoms with Gasteiger partial charge in [0.2, 0.25) is 0 Å². The highest BCUT2D eigenvalue weighted by Crippen LogP contribution is 2.49. The van der Waals surface area contributed by atoms with E-state index in [0.717, 1.165) is 27.9 Å². The molecule has 1 heterocycles. The molecule has 0 spiro atoms. The summed E-state index contributed by atoms with van der Waals surface area (Å²) in [5, 5.41) is 12.2. The van der Waals surface area contributed by atoms with Crippen LogP contribution in [0.1, 0.15) is 37.2 Å². The van der Waals surface area contributed by atoms with E-state index in [1.54, 1.807) is 0 Å². The molecule has 224 valence electrons. The molecule has 0 radical (unpaired) electrons. The van der Waals surface area contributed by atoms with Crippen molar-refractivity contribution < 1.29 is 4.42 Å². The van der Waals surface area contributed by atoms with Crippen LogP contribution in [0, 0.1) is 0 Å². The Kier molecular flexibility index (Phi) is 5.93. The Morgan fingerprint density at radius 1 is 0.468 bits per heavy atom. The van der Waals surface area contributed by atoms with Gasteiger partial charge in [0.25, 0.3) is 0 Å². The summed E-state index contributed by atoms with van der Waals surface area (Å²) < 4.78 is 6.78. The van der Waals surface area contributed by atoms with Gasteiger partial charge in [-0.25, -0.2) is 0 Å². The maximum absolute atomic E-state index is 6.78. The van der Waals surface area contributed by atoms with Crippen LogP contribution in [0.2, 0.25) is 0 Å². The van der Waals surface area contributed by atoms with Gasteiger partial charge in [0.1, 0.15) is 11.2 Å². The Labute approximate surface area is 273 Å². The molecule has 47 heavy (non-hydrogen) atoms. The van der Waals surface area contributed by atoms with Gasteiger partial charge in [0.15, 0.2) is 0 Å². The van der Waals surface area contributed by atoms with Crippen molar-refractivity contribution >= 4 is 82.1 Å². The second kappa shape index (κ2) is 10.5. The van der Waals surface area contributed by atoms with Gasteiger partial charge in [-0.3, -0.25) is 0 Å². The molecule has 1 aliphatic rings. The van der Waals surface area contributed by atoms with E-state index in [2.05, 4.69) is 150 Å². The van der Waals surface area contributed by atoms with Crippen molar-refractivity contribution in [1.82, 2.24) is 0 Å². The number of furan rings is 1. The lowest BCUT2D eigenvalue weighted by Crippen LogP contribution is -2.11. The fourth-order valence-corrected chi connectivity index (χ4v) is 8.36. The lowest BCUT2D eigenvalue weighted by Gasteiger charge is -2.29. The van der Waals surface area contributed by atoms with E-state index in [9.17, 15) is 0 Å². The number of rotatable bonds is 4. The monoisotopic (exact) mass is 603 g/mol. The topological polar surface area (TPSA) is 16.4 Å². The maximum Gasteiger partial charge on any atom is 0.143 e. The molecule has 0 saturated heterocycles. The average molecular weight is 604 g/mol. The molecule has 0 unspecified atom stereocenters. The zero-order valence-corrected chi connectivity index (χ0v) is 26.1. The summed E-state index contributed by atoms with van der Waals surface area (Å²) in [5.41, 5.74) is 6.87. The van der Waals surface area contributed by atoms with Crippen molar-refractivity contribution in [2.75, 3.05) is 4.90 Å². The number of hydrogen-bond donors (Lipinski definition) is 0. The van der Waals surface area contributed by atoms with E-state index in [4.69, 9.17) is 4.42 Å². The maximum atomic E-state index is 6.78. The molecule has 0 bridgehead atoms. The number of fused-ring (bicyclic) bond motifs is 9. The second-order valence-electron chi connectivity index (χ2n) is 13.2. The summed E-state index contributed by atoms with van der Waals surface area (Å²) in [6, 6.07) is 53.4. The van der Waals surface area contributed by atoms with Crippen LogP contribution < -0.4 is 4.90 Å². The first-order valence-electron chi connectivity index (χ1n) is 16.9. The normalized spacial score (nSPS) is 14.0. The molecule has 2 nitrogen and oxygen atoms in total. The smallest absolute Gasteiger partial charge is 0.143 e. The molecule has 10 rings (SSSR count). The van der Waals surface area contributed by atoms with Gasteiger partial charge in [0, 0.05) is 32.6 Å². The van der Waals surface area contributed by atoms with E-state index >= 15 is 0 Å². The van der Waals surface area contributed by atoms with E-state index in [-0.39, 0.29) is 0 Å². The van der Waals surface area contributed by atoms with Crippen molar-refractivity contribution in [2.24, 2.45) is 0 Å². The highest BCUT2D eigenvalue weighted by atomic mass is 16.3. The molecular weight excluding hydrogens is 571 g/mol. The van der Waals surface area contributed by atoms with Crippen molar-refractivity contribution in [2.45, 2.75) is 31.6 Å². The highest BCUT2D eigenvalue weighted by molar-refractivity contribution is 6.22. The van der Waals surface area contributed by atoms with Crippen LogP contribution in [0.4, 0.5) is 17.1 Å². The van der Waals surface area contributed by atoms with Gasteiger partial charge < -0.3 is 9.32 Å². The standard InChI is InChI=1S/C45H33NO/c1-4-15-31-26-33(25-24-29(31)12-1)46(41-27-32-16-5-6-17-34(32)36-18-7-8-19-37(36)41)42-28-40-44-35(30-13-2-3-14-30)22-11-23-43(44)47-45(40)39-21-10-9-20-38(39)42/h1,4-12,15-28,30H,2-3,13-14H2. The fraction of sp³-hybridized carbons (Fsp3) is 0.111. The van der Waals surface area contributed by atoms with Crippen molar-refractivity contribution in [1.29, 1.82) is 0 Å². The second-order valence-corrected chi connectivity index (χ2v) is 13.2. The minimum Gasteiger partial charge on any atom is -0.455 e. The summed E-state index contributed by atoms with van der Waals surface area (Å²) >= 11 is 0. The Morgan fingerprint density at radius 2 is 1.11 bits per heavy atom. The van der Waals surface area contributed by atoms with E-state index in [1.165, 1.54) is 85.4 Å². The van der Waals surface area contributed by atoms with E-state index < -0.39 is 0 Å². The molecule has 0 atom stereocenters. The third-order valence-electron chi connectivity index (χ3n) is 10.5. The van der Waals surface area contributed by atoms with Crippen molar-refractivity contribution in [3.05, 3.63) is 151 Å². The quantitative estimate of drug-likeness (QED) is 0.186. The van der Waals surface area contributed by atoms with Crippen LogP contribution in [0.3, 0.4) is 0 Å². The van der Waals surface area contributed by atoms with E-state index in [1.807, 2.05) is 0 Å². The molecule has 0 aliphatic heterocycles. The molecule has 1 aliphatic carbocycles. The van der Waals surface area contributed by atoms with Crippen LogP contribution in [-0.2, 0) is 0 Å². The van der Waals surface area contributed by atoms with Crippen LogP contribution >= 0.6 is 0 Å². The number of hydrogen-bond acceptors (Lipinski definition) is 2. The molecule has 0 amide bonds. The van der Waals surface area contributed by atoms with Gasteiger partial charge >= 0.3 is 0 Å². The molecule has 1 fully saturated rings. The predicted octanol–water partition coefficient (Wildman–Crippen LogP) is 13.3. The van der Waals surface area contributed by atoms with E-state index in [0.29, 0.717) is 5.92 Å². The zero-order chi connectivity index (χ0) is 30.9. The van der Waals surface area contributed by atoms with Crippen LogP contribution in [0.5, 0.6) is 0 Å². The largest absolute Gasteiger partial charge is 0.455 e. The minimum absolute atomic E-state index is 0.579. The Balaban J connectivity index is 1.36. The predicted molar refractivity (Wildman–Crippen MR) is 200 cm³/mol. The lowest BCUT2D eigenvalue weighted by atomic mass is 9.92. The average Bonchev–Trinajstić information content (AvgIpc) is 3.81. The number of anilines is 3. The molecule has 9 aromatic rings. The van der Waals surface area contributed by atoms with Gasteiger partial charge in [-0.15, -0.1) is 0 Å². The third-order valence-corrected chi connectivity index (χ3v) is 10.5. The number of nitrogens with zero attached hydrogens (tertiary/aromatic N) is 1. The first kappa shape index (κ1) is 26.6. The fourth-order valence-electron chi connectivity index (χ4n) is 8.36. The number of benzene rings is 8. The first-order chi connectivity index (χ1) is 23.3. The SMILES string of the molecule is c1ccc2cc(N(c3cc4ccccc4c4ccccc34)c3cc4c(oc5cccc(C6CCCC6)c54)c4ccccc34)ccc2c1. The van der Waals surface area contributed by atoms with Crippen LogP contribution in [0.25, 0.3) is 65.0 Å². The summed E-state index contributed by atoms with van der Waals surface area (Å²) in [7, 11) is 0. The molecular formula is C45H33NO. The van der Waals surface area contributed by atoms with Gasteiger partial charge in [-0.2, -0.15) is 0 Å². The molecule has 1 saturated carbocycles. The van der Waals surface area contributed by atoms with Crippen LogP contribution in [0.15, 0.2) is 150 Å².